The highest BCUT2D eigenvalue weighted by Crippen LogP contribution is 2.09. The Kier molecular flexibility index (Phi) is 5.16. The molecule has 0 aliphatic rings. The van der Waals surface area contributed by atoms with Crippen LogP contribution in [0.15, 0.2) is 24.3 Å². The molecule has 0 radical (unpaired) electrons. The summed E-state index contributed by atoms with van der Waals surface area (Å²) in [5, 5.41) is 8.23. The third kappa shape index (κ3) is 5.12. The molecule has 3 N–H and O–H groups in total. The first-order chi connectivity index (χ1) is 8.11. The van der Waals surface area contributed by atoms with Gasteiger partial charge in [0.2, 0.25) is 11.8 Å². The van der Waals surface area contributed by atoms with Crippen molar-refractivity contribution >= 4 is 17.5 Å². The maximum Gasteiger partial charge on any atom is 0.234 e. The first-order valence-corrected chi connectivity index (χ1v) is 5.39. The van der Waals surface area contributed by atoms with Crippen molar-refractivity contribution in [2.45, 2.75) is 13.5 Å². The molecule has 0 atom stereocenters. The normalized spacial score (nSPS) is 9.76. The monoisotopic (exact) mass is 235 g/mol. The Balaban J connectivity index is 2.45. The molecular formula is C12H17N3O2. The number of hydrogen-bond donors (Lipinski definition) is 3. The predicted molar refractivity (Wildman–Crippen MR) is 66.5 cm³/mol. The molecule has 0 fully saturated rings. The van der Waals surface area contributed by atoms with Crippen LogP contribution in [0.3, 0.4) is 0 Å². The summed E-state index contributed by atoms with van der Waals surface area (Å²) in [5.41, 5.74) is 1.74. The van der Waals surface area contributed by atoms with Crippen LogP contribution in [0.1, 0.15) is 12.5 Å². The molecule has 1 aromatic rings. The number of rotatable bonds is 5. The van der Waals surface area contributed by atoms with Gasteiger partial charge in [0.05, 0.1) is 6.54 Å². The highest BCUT2D eigenvalue weighted by molar-refractivity contribution is 5.88. The number of carbonyl (C=O) groups excluding carboxylic acids is 2. The second kappa shape index (κ2) is 6.65. The van der Waals surface area contributed by atoms with E-state index in [0.29, 0.717) is 13.1 Å². The van der Waals surface area contributed by atoms with E-state index in [2.05, 4.69) is 16.0 Å². The maximum atomic E-state index is 11.2. The Morgan fingerprint density at radius 1 is 1.18 bits per heavy atom. The van der Waals surface area contributed by atoms with Crippen molar-refractivity contribution in [3.05, 3.63) is 29.8 Å². The summed E-state index contributed by atoms with van der Waals surface area (Å²) in [6.45, 7) is 2.26. The Labute approximate surface area is 101 Å². The molecule has 0 aromatic heterocycles. The van der Waals surface area contributed by atoms with Crippen molar-refractivity contribution in [2.24, 2.45) is 0 Å². The minimum Gasteiger partial charge on any atom is -0.351 e. The van der Waals surface area contributed by atoms with Crippen molar-refractivity contribution in [3.8, 4) is 0 Å². The summed E-state index contributed by atoms with van der Waals surface area (Å²) in [4.78, 5) is 22.0. The van der Waals surface area contributed by atoms with Gasteiger partial charge in [0.15, 0.2) is 0 Å². The molecule has 5 heteroatoms. The van der Waals surface area contributed by atoms with Gasteiger partial charge in [0, 0.05) is 19.2 Å². The standard InChI is InChI=1S/C12H17N3O2/c1-9(16)15-11-5-3-10(4-6-11)7-14-12(17)8-13-2/h3-6,13H,7-8H2,1-2H3,(H,14,17)(H,15,16). The largest absolute Gasteiger partial charge is 0.351 e. The maximum absolute atomic E-state index is 11.2. The summed E-state index contributed by atoms with van der Waals surface area (Å²) in [6.07, 6.45) is 0. The Hall–Kier alpha value is -1.88. The number of anilines is 1. The van der Waals surface area contributed by atoms with Crippen LogP contribution in [0.2, 0.25) is 0 Å². The van der Waals surface area contributed by atoms with E-state index in [1.807, 2.05) is 12.1 Å². The average Bonchev–Trinajstić information content (AvgIpc) is 2.28. The highest BCUT2D eigenvalue weighted by atomic mass is 16.2. The zero-order valence-corrected chi connectivity index (χ0v) is 10.0. The molecule has 17 heavy (non-hydrogen) atoms. The van der Waals surface area contributed by atoms with Gasteiger partial charge in [-0.1, -0.05) is 12.1 Å². The van der Waals surface area contributed by atoms with Gasteiger partial charge in [-0.15, -0.1) is 0 Å². The van der Waals surface area contributed by atoms with E-state index < -0.39 is 0 Å². The average molecular weight is 235 g/mol. The fraction of sp³-hybridized carbons (Fsp3) is 0.333. The second-order valence-electron chi connectivity index (χ2n) is 3.69. The lowest BCUT2D eigenvalue weighted by Crippen LogP contribution is -2.31. The van der Waals surface area contributed by atoms with E-state index in [4.69, 9.17) is 0 Å². The lowest BCUT2D eigenvalue weighted by Gasteiger charge is -2.06. The number of hydrogen-bond acceptors (Lipinski definition) is 3. The molecule has 0 aliphatic carbocycles. The third-order valence-electron chi connectivity index (χ3n) is 2.10. The molecule has 0 heterocycles. The van der Waals surface area contributed by atoms with Crippen molar-refractivity contribution in [3.63, 3.8) is 0 Å². The van der Waals surface area contributed by atoms with Gasteiger partial charge in [-0.2, -0.15) is 0 Å². The first-order valence-electron chi connectivity index (χ1n) is 5.39. The van der Waals surface area contributed by atoms with Gasteiger partial charge >= 0.3 is 0 Å². The first kappa shape index (κ1) is 13.2. The number of carbonyl (C=O) groups is 2. The molecule has 0 unspecified atom stereocenters. The Morgan fingerprint density at radius 2 is 1.82 bits per heavy atom. The molecule has 1 aromatic carbocycles. The quantitative estimate of drug-likeness (QED) is 0.695. The lowest BCUT2D eigenvalue weighted by atomic mass is 10.2. The van der Waals surface area contributed by atoms with Crippen LogP contribution < -0.4 is 16.0 Å². The Bertz CT molecular complexity index is 387. The van der Waals surface area contributed by atoms with Gasteiger partial charge in [0.25, 0.3) is 0 Å². The van der Waals surface area contributed by atoms with Crippen molar-refractivity contribution in [1.82, 2.24) is 10.6 Å². The number of nitrogens with one attached hydrogen (secondary N) is 3. The number of benzene rings is 1. The van der Waals surface area contributed by atoms with Crippen LogP contribution >= 0.6 is 0 Å². The van der Waals surface area contributed by atoms with Crippen molar-refractivity contribution in [1.29, 1.82) is 0 Å². The number of amides is 2. The summed E-state index contributed by atoms with van der Waals surface area (Å²) in [7, 11) is 1.72. The van der Waals surface area contributed by atoms with E-state index in [-0.39, 0.29) is 11.8 Å². The lowest BCUT2D eigenvalue weighted by molar-refractivity contribution is -0.120. The molecule has 0 saturated carbocycles. The predicted octanol–water partition coefficient (Wildman–Crippen LogP) is 0.481. The third-order valence-corrected chi connectivity index (χ3v) is 2.10. The second-order valence-corrected chi connectivity index (χ2v) is 3.69. The Morgan fingerprint density at radius 3 is 2.35 bits per heavy atom. The van der Waals surface area contributed by atoms with Gasteiger partial charge in [-0.3, -0.25) is 9.59 Å². The summed E-state index contributed by atoms with van der Waals surface area (Å²) in [6, 6.07) is 7.35. The topological polar surface area (TPSA) is 70.2 Å². The molecule has 0 saturated heterocycles. The van der Waals surface area contributed by atoms with Crippen LogP contribution in [0.5, 0.6) is 0 Å². The molecule has 0 bridgehead atoms. The van der Waals surface area contributed by atoms with Gasteiger partial charge in [0.1, 0.15) is 0 Å². The van der Waals surface area contributed by atoms with Crippen LogP contribution in [-0.2, 0) is 16.1 Å². The van der Waals surface area contributed by atoms with E-state index in [1.165, 1.54) is 6.92 Å². The minimum atomic E-state index is -0.0972. The van der Waals surface area contributed by atoms with E-state index in [1.54, 1.807) is 19.2 Å². The van der Waals surface area contributed by atoms with Gasteiger partial charge < -0.3 is 16.0 Å². The molecule has 92 valence electrons. The summed E-state index contributed by atoms with van der Waals surface area (Å²) >= 11 is 0. The van der Waals surface area contributed by atoms with Crippen LogP contribution in [0, 0.1) is 0 Å². The fourth-order valence-electron chi connectivity index (χ4n) is 1.33. The van der Waals surface area contributed by atoms with Gasteiger partial charge in [-0.05, 0) is 24.7 Å². The van der Waals surface area contributed by atoms with Gasteiger partial charge in [-0.25, -0.2) is 0 Å². The zero-order chi connectivity index (χ0) is 12.7. The van der Waals surface area contributed by atoms with Crippen LogP contribution in [0.4, 0.5) is 5.69 Å². The van der Waals surface area contributed by atoms with E-state index in [0.717, 1.165) is 11.3 Å². The van der Waals surface area contributed by atoms with E-state index in [9.17, 15) is 9.59 Å². The van der Waals surface area contributed by atoms with Crippen molar-refractivity contribution < 1.29 is 9.59 Å². The SMILES string of the molecule is CNCC(=O)NCc1ccc(NC(C)=O)cc1. The highest BCUT2D eigenvalue weighted by Gasteiger charge is 2.00. The molecule has 5 nitrogen and oxygen atoms in total. The fourth-order valence-corrected chi connectivity index (χ4v) is 1.33. The van der Waals surface area contributed by atoms with Crippen LogP contribution in [-0.4, -0.2) is 25.4 Å². The molecule has 2 amide bonds. The summed E-state index contributed by atoms with van der Waals surface area (Å²) < 4.78 is 0. The molecule has 0 aliphatic heterocycles. The van der Waals surface area contributed by atoms with Crippen LogP contribution in [0.25, 0.3) is 0 Å². The minimum absolute atomic E-state index is 0.0431. The number of likely N-dealkylation sites (N-methyl/N-ethyl adjacent to an activating group) is 1. The van der Waals surface area contributed by atoms with E-state index >= 15 is 0 Å². The molecule has 0 spiro atoms. The molecular weight excluding hydrogens is 218 g/mol. The zero-order valence-electron chi connectivity index (χ0n) is 10.0. The summed E-state index contributed by atoms with van der Waals surface area (Å²) in [5.74, 6) is -0.140. The van der Waals surface area contributed by atoms with Crippen molar-refractivity contribution in [2.75, 3.05) is 18.9 Å². The smallest absolute Gasteiger partial charge is 0.234 e. The molecule has 1 rings (SSSR count).